The van der Waals surface area contributed by atoms with Crippen molar-refractivity contribution >= 4 is 23.7 Å². The van der Waals surface area contributed by atoms with E-state index in [2.05, 4.69) is 15.5 Å². The lowest BCUT2D eigenvalue weighted by molar-refractivity contribution is -0.126. The maximum atomic E-state index is 13.3. The van der Waals surface area contributed by atoms with Crippen molar-refractivity contribution in [1.29, 1.82) is 0 Å². The Morgan fingerprint density at radius 3 is 2.83 bits per heavy atom. The summed E-state index contributed by atoms with van der Waals surface area (Å²) < 4.78 is 21.0. The van der Waals surface area contributed by atoms with Crippen molar-refractivity contribution < 1.29 is 18.7 Å². The van der Waals surface area contributed by atoms with Crippen LogP contribution in [0, 0.1) is 5.82 Å². The van der Waals surface area contributed by atoms with Gasteiger partial charge in [0.05, 0.1) is 17.9 Å². The molecule has 0 spiro atoms. The minimum Gasteiger partial charge on any atom is -0.376 e. The van der Waals surface area contributed by atoms with E-state index >= 15 is 0 Å². The van der Waals surface area contributed by atoms with E-state index in [1.165, 1.54) is 28.8 Å². The third-order valence-electron chi connectivity index (χ3n) is 4.98. The van der Waals surface area contributed by atoms with E-state index in [0.717, 1.165) is 25.0 Å². The Labute approximate surface area is 171 Å². The molecule has 1 N–H and O–H groups in total. The minimum atomic E-state index is -0.507. The van der Waals surface area contributed by atoms with Gasteiger partial charge in [-0.2, -0.15) is 0 Å². The quantitative estimate of drug-likeness (QED) is 0.723. The van der Waals surface area contributed by atoms with E-state index < -0.39 is 5.25 Å². The van der Waals surface area contributed by atoms with Gasteiger partial charge in [0.2, 0.25) is 5.91 Å². The number of hydrogen-bond donors (Lipinski definition) is 1. The average molecular weight is 419 g/mol. The average Bonchev–Trinajstić information content (AvgIpc) is 3.45. The minimum absolute atomic E-state index is 0.0416. The summed E-state index contributed by atoms with van der Waals surface area (Å²) in [5.74, 6) is 0.0122. The second-order valence-corrected chi connectivity index (χ2v) is 8.35. The number of aromatic nitrogens is 3. The smallest absolute Gasteiger partial charge is 0.324 e. The lowest BCUT2D eigenvalue weighted by Crippen LogP contribution is -2.39. The van der Waals surface area contributed by atoms with Crippen LogP contribution in [0.25, 0.3) is 11.4 Å². The van der Waals surface area contributed by atoms with Gasteiger partial charge in [0.15, 0.2) is 11.0 Å². The number of rotatable bonds is 6. The topological polar surface area (TPSA) is 89.3 Å². The number of imide groups is 1. The lowest BCUT2D eigenvalue weighted by atomic mass is 10.2. The maximum absolute atomic E-state index is 13.3. The summed E-state index contributed by atoms with van der Waals surface area (Å²) in [5, 5.41) is 11.3. The van der Waals surface area contributed by atoms with Crippen LogP contribution in [0.15, 0.2) is 29.4 Å². The molecule has 2 aromatic rings. The fourth-order valence-electron chi connectivity index (χ4n) is 3.45. The predicted octanol–water partition coefficient (Wildman–Crippen LogP) is 2.30. The van der Waals surface area contributed by atoms with Crippen LogP contribution in [0.4, 0.5) is 9.18 Å². The van der Waals surface area contributed by atoms with Crippen LogP contribution in [0.1, 0.15) is 19.8 Å². The molecule has 0 aliphatic carbocycles. The second-order valence-electron chi connectivity index (χ2n) is 7.04. The zero-order chi connectivity index (χ0) is 20.4. The largest absolute Gasteiger partial charge is 0.376 e. The van der Waals surface area contributed by atoms with Crippen molar-refractivity contribution in [2.24, 2.45) is 0 Å². The third kappa shape index (κ3) is 4.27. The highest BCUT2D eigenvalue weighted by molar-refractivity contribution is 8.00. The molecular weight excluding hydrogens is 397 g/mol. The number of thioether (sulfide) groups is 1. The Morgan fingerprint density at radius 2 is 2.17 bits per heavy atom. The molecule has 0 saturated carbocycles. The molecule has 3 amide bonds. The molecule has 1 aromatic heterocycles. The van der Waals surface area contributed by atoms with E-state index in [0.29, 0.717) is 30.6 Å². The van der Waals surface area contributed by atoms with E-state index in [1.807, 2.05) is 4.57 Å². The van der Waals surface area contributed by atoms with Crippen LogP contribution in [0.3, 0.4) is 0 Å². The summed E-state index contributed by atoms with van der Waals surface area (Å²) in [6.45, 7) is 3.85. The molecule has 2 unspecified atom stereocenters. The molecule has 10 heteroatoms. The Hall–Kier alpha value is -2.46. The van der Waals surface area contributed by atoms with Gasteiger partial charge in [-0.05, 0) is 44.0 Å². The number of benzene rings is 1. The van der Waals surface area contributed by atoms with E-state index in [4.69, 9.17) is 4.74 Å². The highest BCUT2D eigenvalue weighted by Crippen LogP contribution is 2.29. The first-order valence-corrected chi connectivity index (χ1v) is 10.5. The lowest BCUT2D eigenvalue weighted by Gasteiger charge is -2.19. The van der Waals surface area contributed by atoms with Gasteiger partial charge in [-0.15, -0.1) is 10.2 Å². The normalized spacial score (nSPS) is 20.1. The molecule has 8 nitrogen and oxygen atoms in total. The van der Waals surface area contributed by atoms with Gasteiger partial charge in [0, 0.05) is 25.3 Å². The van der Waals surface area contributed by atoms with Gasteiger partial charge in [0.25, 0.3) is 0 Å². The first-order chi connectivity index (χ1) is 14.0. The summed E-state index contributed by atoms with van der Waals surface area (Å²) in [5.41, 5.74) is 0.738. The van der Waals surface area contributed by atoms with Crippen molar-refractivity contribution in [3.05, 3.63) is 30.1 Å². The van der Waals surface area contributed by atoms with Crippen molar-refractivity contribution in [2.45, 2.75) is 42.8 Å². The predicted molar refractivity (Wildman–Crippen MR) is 105 cm³/mol. The van der Waals surface area contributed by atoms with Gasteiger partial charge >= 0.3 is 6.03 Å². The van der Waals surface area contributed by atoms with Crippen molar-refractivity contribution in [1.82, 2.24) is 25.0 Å². The van der Waals surface area contributed by atoms with Crippen molar-refractivity contribution in [2.75, 3.05) is 19.7 Å². The Balaban J connectivity index is 1.59. The van der Waals surface area contributed by atoms with Crippen molar-refractivity contribution in [3.8, 4) is 11.4 Å². The van der Waals surface area contributed by atoms with Crippen molar-refractivity contribution in [3.63, 3.8) is 0 Å². The summed E-state index contributed by atoms with van der Waals surface area (Å²) in [6.07, 6.45) is 1.98. The van der Waals surface area contributed by atoms with Gasteiger partial charge in [0.1, 0.15) is 5.82 Å². The van der Waals surface area contributed by atoms with Crippen LogP contribution < -0.4 is 5.32 Å². The number of hydrogen-bond acceptors (Lipinski definition) is 6. The molecule has 0 bridgehead atoms. The SMILES string of the molecule is CC(Sc1nnc(-c2ccc(F)cc2)n1CC1CCCO1)C(=O)N1CCNC1=O. The van der Waals surface area contributed by atoms with Crippen LogP contribution in [-0.4, -0.2) is 62.7 Å². The van der Waals surface area contributed by atoms with Crippen LogP contribution in [0.5, 0.6) is 0 Å². The van der Waals surface area contributed by atoms with Crippen LogP contribution in [0.2, 0.25) is 0 Å². The van der Waals surface area contributed by atoms with Crippen LogP contribution in [-0.2, 0) is 16.1 Å². The van der Waals surface area contributed by atoms with Gasteiger partial charge < -0.3 is 10.1 Å². The van der Waals surface area contributed by atoms with E-state index in [9.17, 15) is 14.0 Å². The van der Waals surface area contributed by atoms with Crippen LogP contribution >= 0.6 is 11.8 Å². The number of nitrogens with one attached hydrogen (secondary N) is 1. The monoisotopic (exact) mass is 419 g/mol. The number of halogens is 1. The Kier molecular flexibility index (Phi) is 5.81. The van der Waals surface area contributed by atoms with Gasteiger partial charge in [-0.25, -0.2) is 9.18 Å². The molecule has 2 saturated heterocycles. The fourth-order valence-corrected chi connectivity index (χ4v) is 4.38. The number of amides is 3. The Morgan fingerprint density at radius 1 is 1.38 bits per heavy atom. The standard InChI is InChI=1S/C19H22FN5O3S/c1-12(17(26)24-9-8-21-18(24)27)29-19-23-22-16(13-4-6-14(20)7-5-13)25(19)11-15-3-2-10-28-15/h4-7,12,15H,2-3,8-11H2,1H3,(H,21,27). The maximum Gasteiger partial charge on any atom is 0.324 e. The van der Waals surface area contributed by atoms with Gasteiger partial charge in [-0.3, -0.25) is 14.3 Å². The number of ether oxygens (including phenoxy) is 1. The zero-order valence-electron chi connectivity index (χ0n) is 16.0. The molecule has 0 radical (unpaired) electrons. The van der Waals surface area contributed by atoms with Gasteiger partial charge in [-0.1, -0.05) is 11.8 Å². The molecule has 2 aliphatic rings. The summed E-state index contributed by atoms with van der Waals surface area (Å²) in [7, 11) is 0. The molecule has 1 aromatic carbocycles. The second kappa shape index (κ2) is 8.50. The Bertz CT molecular complexity index is 898. The number of nitrogens with zero attached hydrogens (tertiary/aromatic N) is 4. The molecule has 4 rings (SSSR count). The molecule has 29 heavy (non-hydrogen) atoms. The molecular formula is C19H22FN5O3S. The first kappa shape index (κ1) is 19.8. The molecule has 3 heterocycles. The number of carbonyl (C=O) groups excluding carboxylic acids is 2. The molecule has 154 valence electrons. The summed E-state index contributed by atoms with van der Waals surface area (Å²) in [6, 6.07) is 5.71. The molecule has 2 aliphatic heterocycles. The molecule has 2 atom stereocenters. The fraction of sp³-hybridized carbons (Fsp3) is 0.474. The third-order valence-corrected chi connectivity index (χ3v) is 6.05. The number of urea groups is 1. The number of carbonyl (C=O) groups is 2. The molecule has 2 fully saturated rings. The highest BCUT2D eigenvalue weighted by atomic mass is 32.2. The van der Waals surface area contributed by atoms with E-state index in [-0.39, 0.29) is 23.9 Å². The summed E-state index contributed by atoms with van der Waals surface area (Å²) >= 11 is 1.26. The summed E-state index contributed by atoms with van der Waals surface area (Å²) in [4.78, 5) is 25.7. The first-order valence-electron chi connectivity index (χ1n) is 9.59. The van der Waals surface area contributed by atoms with E-state index in [1.54, 1.807) is 19.1 Å². The zero-order valence-corrected chi connectivity index (χ0v) is 16.8. The highest BCUT2D eigenvalue weighted by Gasteiger charge is 2.32.